The smallest absolute Gasteiger partial charge is 0.368 e. The van der Waals surface area contributed by atoms with Crippen LogP contribution in [0.2, 0.25) is 0 Å². The lowest BCUT2D eigenvalue weighted by Gasteiger charge is -2.29. The number of carbonyl (C=O) groups is 2. The van der Waals surface area contributed by atoms with Crippen molar-refractivity contribution in [1.29, 1.82) is 0 Å². The average molecular weight is 334 g/mol. The Kier molecular flexibility index (Phi) is 5.39. The highest BCUT2D eigenvalue weighted by atomic mass is 19.4. The second-order valence-corrected chi connectivity index (χ2v) is 5.94. The van der Waals surface area contributed by atoms with Gasteiger partial charge < -0.3 is 11.1 Å². The number of nitrogens with one attached hydrogen (secondary N) is 1. The number of nitrogens with two attached hydrogens (primary N) is 1. The Morgan fingerprint density at radius 2 is 1.83 bits per heavy atom. The van der Waals surface area contributed by atoms with E-state index >= 15 is 0 Å². The minimum Gasteiger partial charge on any atom is -0.368 e. The Morgan fingerprint density at radius 1 is 1.26 bits per heavy atom. The first-order chi connectivity index (χ1) is 10.4. The van der Waals surface area contributed by atoms with E-state index in [1.165, 1.54) is 6.92 Å². The number of benzene rings is 1. The van der Waals surface area contributed by atoms with Gasteiger partial charge in [0, 0.05) is 0 Å². The third kappa shape index (κ3) is 4.67. The van der Waals surface area contributed by atoms with Gasteiger partial charge in [-0.05, 0) is 37.5 Å². The summed E-state index contributed by atoms with van der Waals surface area (Å²) in [7, 11) is 0. The largest absolute Gasteiger partial charge is 0.416 e. The molecule has 0 bridgehead atoms. The number of rotatable bonds is 5. The van der Waals surface area contributed by atoms with Crippen molar-refractivity contribution in [2.45, 2.75) is 38.9 Å². The lowest BCUT2D eigenvalue weighted by Crippen LogP contribution is -2.56. The van der Waals surface area contributed by atoms with Crippen molar-refractivity contribution in [3.8, 4) is 0 Å². The van der Waals surface area contributed by atoms with Crippen LogP contribution in [0.5, 0.6) is 0 Å². The van der Waals surface area contributed by atoms with Crippen LogP contribution in [0, 0.1) is 11.7 Å². The first kappa shape index (κ1) is 18.9. The van der Waals surface area contributed by atoms with Gasteiger partial charge in [0.2, 0.25) is 5.91 Å². The van der Waals surface area contributed by atoms with Gasteiger partial charge in [-0.1, -0.05) is 13.8 Å². The van der Waals surface area contributed by atoms with Crippen LogP contribution in [0.4, 0.5) is 17.6 Å². The zero-order valence-electron chi connectivity index (χ0n) is 12.9. The molecule has 0 aliphatic heterocycles. The van der Waals surface area contributed by atoms with Gasteiger partial charge in [-0.3, -0.25) is 9.59 Å². The quantitative estimate of drug-likeness (QED) is 0.813. The molecule has 0 fully saturated rings. The van der Waals surface area contributed by atoms with Crippen LogP contribution in [0.3, 0.4) is 0 Å². The predicted octanol–water partition coefficient (Wildman–Crippen LogP) is 2.86. The Hall–Kier alpha value is -2.12. The van der Waals surface area contributed by atoms with Gasteiger partial charge in [-0.2, -0.15) is 13.2 Å². The summed E-state index contributed by atoms with van der Waals surface area (Å²) in [5.41, 5.74) is 1.81. The van der Waals surface area contributed by atoms with E-state index in [-0.39, 0.29) is 12.3 Å². The molecule has 3 N–H and O–H groups in total. The summed E-state index contributed by atoms with van der Waals surface area (Å²) in [6.45, 7) is 4.90. The highest BCUT2D eigenvalue weighted by molar-refractivity contribution is 5.99. The Bertz CT molecular complexity index is 614. The van der Waals surface area contributed by atoms with Gasteiger partial charge >= 0.3 is 6.18 Å². The van der Waals surface area contributed by atoms with Crippen molar-refractivity contribution in [2.24, 2.45) is 11.7 Å². The van der Waals surface area contributed by atoms with Crippen molar-refractivity contribution >= 4 is 11.8 Å². The molecule has 1 rings (SSSR count). The molecule has 0 unspecified atom stereocenters. The van der Waals surface area contributed by atoms with Crippen molar-refractivity contribution < 1.29 is 27.2 Å². The molecule has 0 radical (unpaired) electrons. The first-order valence-electron chi connectivity index (χ1n) is 6.86. The molecule has 23 heavy (non-hydrogen) atoms. The highest BCUT2D eigenvalue weighted by Crippen LogP contribution is 2.30. The van der Waals surface area contributed by atoms with E-state index in [1.54, 1.807) is 13.8 Å². The minimum absolute atomic E-state index is 0.0286. The molecule has 1 aromatic carbocycles. The summed E-state index contributed by atoms with van der Waals surface area (Å²) in [5.74, 6) is -3.13. The second-order valence-electron chi connectivity index (χ2n) is 5.94. The van der Waals surface area contributed by atoms with Crippen LogP contribution in [0.25, 0.3) is 0 Å². The molecule has 1 atom stereocenters. The Balaban J connectivity index is 3.16. The zero-order chi connectivity index (χ0) is 18.0. The SMILES string of the molecule is CC(C)C[C@](C)(NC(=O)c1cc(C(F)(F)F)ccc1F)C(N)=O. The average Bonchev–Trinajstić information content (AvgIpc) is 2.36. The van der Waals surface area contributed by atoms with Crippen LogP contribution >= 0.6 is 0 Å². The van der Waals surface area contributed by atoms with E-state index < -0.39 is 40.5 Å². The van der Waals surface area contributed by atoms with Gasteiger partial charge in [0.15, 0.2) is 0 Å². The zero-order valence-corrected chi connectivity index (χ0v) is 12.9. The normalized spacial score (nSPS) is 14.4. The maximum absolute atomic E-state index is 13.7. The number of halogens is 4. The highest BCUT2D eigenvalue weighted by Gasteiger charge is 2.36. The maximum atomic E-state index is 13.7. The van der Waals surface area contributed by atoms with Crippen molar-refractivity contribution in [3.05, 3.63) is 35.1 Å². The molecule has 2 amide bonds. The molecule has 0 heterocycles. The van der Waals surface area contributed by atoms with E-state index in [1.807, 2.05) is 0 Å². The van der Waals surface area contributed by atoms with Crippen molar-refractivity contribution in [1.82, 2.24) is 5.32 Å². The molecule has 8 heteroatoms. The molecule has 0 spiro atoms. The Labute approximate surface area is 131 Å². The summed E-state index contributed by atoms with van der Waals surface area (Å²) >= 11 is 0. The van der Waals surface area contributed by atoms with Gasteiger partial charge in [0.1, 0.15) is 11.4 Å². The number of hydrogen-bond acceptors (Lipinski definition) is 2. The summed E-state index contributed by atoms with van der Waals surface area (Å²) in [5, 5.41) is 2.24. The van der Waals surface area contributed by atoms with E-state index in [0.717, 1.165) is 0 Å². The molecule has 0 aromatic heterocycles. The van der Waals surface area contributed by atoms with Crippen molar-refractivity contribution in [2.75, 3.05) is 0 Å². The van der Waals surface area contributed by atoms with Gasteiger partial charge in [-0.25, -0.2) is 4.39 Å². The van der Waals surface area contributed by atoms with Crippen LogP contribution in [0.15, 0.2) is 18.2 Å². The maximum Gasteiger partial charge on any atom is 0.416 e. The molecular weight excluding hydrogens is 316 g/mol. The number of carbonyl (C=O) groups excluding carboxylic acids is 2. The summed E-state index contributed by atoms with van der Waals surface area (Å²) in [6.07, 6.45) is -4.55. The summed E-state index contributed by atoms with van der Waals surface area (Å²) in [6, 6.07) is 1.50. The van der Waals surface area contributed by atoms with E-state index in [4.69, 9.17) is 5.73 Å². The van der Waals surface area contributed by atoms with Gasteiger partial charge in [0.25, 0.3) is 5.91 Å². The van der Waals surface area contributed by atoms with Gasteiger partial charge in [-0.15, -0.1) is 0 Å². The third-order valence-corrected chi connectivity index (χ3v) is 3.29. The fraction of sp³-hybridized carbons (Fsp3) is 0.467. The van der Waals surface area contributed by atoms with Crippen molar-refractivity contribution in [3.63, 3.8) is 0 Å². The number of hydrogen-bond donors (Lipinski definition) is 2. The molecule has 0 aliphatic rings. The lowest BCUT2D eigenvalue weighted by atomic mass is 9.89. The molecule has 4 nitrogen and oxygen atoms in total. The molecule has 0 saturated heterocycles. The molecule has 0 saturated carbocycles. The molecular formula is C15H18F4N2O2. The monoisotopic (exact) mass is 334 g/mol. The molecule has 0 aliphatic carbocycles. The Morgan fingerprint density at radius 3 is 2.26 bits per heavy atom. The van der Waals surface area contributed by atoms with Gasteiger partial charge in [0.05, 0.1) is 11.1 Å². The summed E-state index contributed by atoms with van der Waals surface area (Å²) in [4.78, 5) is 23.7. The third-order valence-electron chi connectivity index (χ3n) is 3.29. The van der Waals surface area contributed by atoms with E-state index in [0.29, 0.717) is 18.2 Å². The second kappa shape index (κ2) is 6.55. The first-order valence-corrected chi connectivity index (χ1v) is 6.86. The fourth-order valence-electron chi connectivity index (χ4n) is 2.22. The topological polar surface area (TPSA) is 72.2 Å². The molecule has 1 aromatic rings. The van der Waals surface area contributed by atoms with E-state index in [9.17, 15) is 27.2 Å². The lowest BCUT2D eigenvalue weighted by molar-refractivity contribution is -0.137. The number of amides is 2. The fourth-order valence-corrected chi connectivity index (χ4v) is 2.22. The number of alkyl halides is 3. The minimum atomic E-state index is -4.71. The summed E-state index contributed by atoms with van der Waals surface area (Å²) < 4.78 is 51.7. The van der Waals surface area contributed by atoms with Crippen LogP contribution < -0.4 is 11.1 Å². The molecule has 128 valence electrons. The van der Waals surface area contributed by atoms with Crippen LogP contribution in [-0.2, 0) is 11.0 Å². The predicted molar refractivity (Wildman–Crippen MR) is 75.9 cm³/mol. The van der Waals surface area contributed by atoms with E-state index in [2.05, 4.69) is 5.32 Å². The van der Waals surface area contributed by atoms with Crippen LogP contribution in [-0.4, -0.2) is 17.4 Å². The van der Waals surface area contributed by atoms with Crippen LogP contribution in [0.1, 0.15) is 43.1 Å². The standard InChI is InChI=1S/C15H18F4N2O2/c1-8(2)7-14(3,13(20)23)21-12(22)10-6-9(15(17,18)19)4-5-11(10)16/h4-6,8H,7H2,1-3H3,(H2,20,23)(H,21,22)/t14-/m0/s1. The number of primary amides is 1.